The van der Waals surface area contributed by atoms with Crippen LogP contribution in [0.4, 0.5) is 11.6 Å². The third-order valence-electron chi connectivity index (χ3n) is 2.80. The van der Waals surface area contributed by atoms with E-state index < -0.39 is 27.4 Å². The van der Waals surface area contributed by atoms with E-state index >= 15 is 0 Å². The number of hydrogen-bond acceptors (Lipinski definition) is 6. The highest BCUT2D eigenvalue weighted by Crippen LogP contribution is 2.27. The van der Waals surface area contributed by atoms with Gasteiger partial charge in [-0.2, -0.15) is 0 Å². The number of imidazole rings is 1. The lowest BCUT2D eigenvalue weighted by Gasteiger charge is -2.00. The lowest BCUT2D eigenvalue weighted by molar-refractivity contribution is -0.428. The highest BCUT2D eigenvalue weighted by molar-refractivity contribution is 5.85. The van der Waals surface area contributed by atoms with Gasteiger partial charge in [0.1, 0.15) is 0 Å². The molecule has 0 saturated carbocycles. The Bertz CT molecular complexity index is 723. The van der Waals surface area contributed by atoms with Crippen molar-refractivity contribution < 1.29 is 14.6 Å². The molecule has 0 aliphatic heterocycles. The quantitative estimate of drug-likeness (QED) is 0.626. The van der Waals surface area contributed by atoms with Crippen molar-refractivity contribution in [2.24, 2.45) is 0 Å². The van der Waals surface area contributed by atoms with Gasteiger partial charge in [0.2, 0.25) is 0 Å². The zero-order valence-electron chi connectivity index (χ0n) is 10.9. The predicted molar refractivity (Wildman–Crippen MR) is 71.0 cm³/mol. The second kappa shape index (κ2) is 5.49. The summed E-state index contributed by atoms with van der Waals surface area (Å²) in [7, 11) is 0. The average molecular weight is 290 g/mol. The van der Waals surface area contributed by atoms with Crippen LogP contribution in [0.3, 0.4) is 0 Å². The molecule has 108 valence electrons. The Hall–Kier alpha value is -3.10. The average Bonchev–Trinajstić information content (AvgIpc) is 2.78. The molecule has 21 heavy (non-hydrogen) atoms. The zero-order chi connectivity index (χ0) is 15.6. The number of carbonyl (C=O) groups excluding carboxylic acids is 1. The van der Waals surface area contributed by atoms with Crippen LogP contribution < -0.4 is 0 Å². The fraction of sp³-hybridized carbons (Fsp3) is 0.167. The van der Waals surface area contributed by atoms with Crippen molar-refractivity contribution in [2.45, 2.75) is 13.3 Å². The second-order valence-corrected chi connectivity index (χ2v) is 4.21. The number of aryl methyl sites for hydroxylation is 1. The van der Waals surface area contributed by atoms with Crippen LogP contribution in [-0.4, -0.2) is 25.3 Å². The number of carbonyl (C=O) groups is 1. The van der Waals surface area contributed by atoms with Crippen LogP contribution in [-0.2, 0) is 6.42 Å². The molecule has 0 unspecified atom stereocenters. The molecule has 0 radical (unpaired) electrons. The van der Waals surface area contributed by atoms with Gasteiger partial charge in [-0.3, -0.25) is 0 Å². The van der Waals surface area contributed by atoms with Crippen LogP contribution in [0, 0.1) is 27.2 Å². The van der Waals surface area contributed by atoms with Crippen molar-refractivity contribution in [3.05, 3.63) is 61.9 Å². The fourth-order valence-electron chi connectivity index (χ4n) is 1.94. The number of benzene rings is 1. The molecule has 9 nitrogen and oxygen atoms in total. The van der Waals surface area contributed by atoms with Gasteiger partial charge in [0.25, 0.3) is 0 Å². The first kappa shape index (κ1) is 14.3. The lowest BCUT2D eigenvalue weighted by atomic mass is 10.1. The molecular weight excluding hydrogens is 280 g/mol. The number of nitro groups is 2. The maximum Gasteiger partial charge on any atom is 0.463 e. The van der Waals surface area contributed by atoms with Crippen molar-refractivity contribution in [3.63, 3.8) is 0 Å². The molecule has 0 atom stereocenters. The zero-order valence-corrected chi connectivity index (χ0v) is 10.9. The number of rotatable bonds is 4. The third-order valence-corrected chi connectivity index (χ3v) is 2.80. The highest BCUT2D eigenvalue weighted by Gasteiger charge is 2.39. The van der Waals surface area contributed by atoms with E-state index in [4.69, 9.17) is 0 Å². The normalized spacial score (nSPS) is 10.3. The van der Waals surface area contributed by atoms with E-state index in [0.29, 0.717) is 10.1 Å². The molecule has 0 N–H and O–H groups in total. The Labute approximate surface area is 118 Å². The molecule has 0 aliphatic rings. The van der Waals surface area contributed by atoms with E-state index in [1.807, 2.05) is 0 Å². The molecular formula is C12H10N4O5. The summed E-state index contributed by atoms with van der Waals surface area (Å²) >= 11 is 0. The van der Waals surface area contributed by atoms with Gasteiger partial charge in [-0.1, -0.05) is 30.3 Å². The number of aromatic nitrogens is 2. The first-order valence-electron chi connectivity index (χ1n) is 5.87. The van der Waals surface area contributed by atoms with Crippen molar-refractivity contribution in [2.75, 3.05) is 0 Å². The van der Waals surface area contributed by atoms with Crippen LogP contribution in [0.1, 0.15) is 16.2 Å². The summed E-state index contributed by atoms with van der Waals surface area (Å²) in [5.74, 6) is -2.59. The van der Waals surface area contributed by atoms with Gasteiger partial charge >= 0.3 is 23.4 Å². The summed E-state index contributed by atoms with van der Waals surface area (Å²) in [4.78, 5) is 35.5. The Balaban J connectivity index is 2.46. The van der Waals surface area contributed by atoms with Crippen LogP contribution in [0.15, 0.2) is 30.3 Å². The molecule has 0 amide bonds. The molecule has 1 aromatic carbocycles. The van der Waals surface area contributed by atoms with E-state index in [2.05, 4.69) is 4.98 Å². The fourth-order valence-corrected chi connectivity index (χ4v) is 1.94. The molecule has 0 aliphatic carbocycles. The molecule has 2 rings (SSSR count). The molecule has 9 heteroatoms. The van der Waals surface area contributed by atoms with Gasteiger partial charge < -0.3 is 20.2 Å². The molecule has 0 spiro atoms. The SMILES string of the molecule is Cc1nc([N+](=O)[O-])c([N+](=O)[O-])n1C(=O)Cc1ccccc1. The smallest absolute Gasteiger partial charge is 0.358 e. The van der Waals surface area contributed by atoms with Crippen molar-refractivity contribution in [1.82, 2.24) is 9.55 Å². The summed E-state index contributed by atoms with van der Waals surface area (Å²) in [6.07, 6.45) is -0.115. The first-order valence-corrected chi connectivity index (χ1v) is 5.87. The Kier molecular flexibility index (Phi) is 3.74. The maximum absolute atomic E-state index is 12.2. The minimum Gasteiger partial charge on any atom is -0.358 e. The molecule has 2 aromatic rings. The van der Waals surface area contributed by atoms with Crippen molar-refractivity contribution in [1.29, 1.82) is 0 Å². The molecule has 1 heterocycles. The number of nitrogens with zero attached hydrogens (tertiary/aromatic N) is 4. The Morgan fingerprint density at radius 3 is 2.33 bits per heavy atom. The summed E-state index contributed by atoms with van der Waals surface area (Å²) < 4.78 is 0.672. The first-order chi connectivity index (χ1) is 9.91. The van der Waals surface area contributed by atoms with E-state index in [1.165, 1.54) is 6.92 Å². The van der Waals surface area contributed by atoms with Gasteiger partial charge in [0.15, 0.2) is 0 Å². The molecule has 1 aromatic heterocycles. The summed E-state index contributed by atoms with van der Waals surface area (Å²) in [5, 5.41) is 21.8. The maximum atomic E-state index is 12.2. The summed E-state index contributed by atoms with van der Waals surface area (Å²) in [5.41, 5.74) is 0.646. The van der Waals surface area contributed by atoms with Crippen LogP contribution >= 0.6 is 0 Å². The third kappa shape index (κ3) is 2.76. The second-order valence-electron chi connectivity index (χ2n) is 4.21. The molecule has 0 bridgehead atoms. The van der Waals surface area contributed by atoms with Gasteiger partial charge in [-0.25, -0.2) is 4.79 Å². The topological polar surface area (TPSA) is 121 Å². The highest BCUT2D eigenvalue weighted by atomic mass is 16.6. The Morgan fingerprint density at radius 2 is 1.81 bits per heavy atom. The van der Waals surface area contributed by atoms with Gasteiger partial charge in [0.05, 0.1) is 6.42 Å². The molecule has 0 fully saturated rings. The van der Waals surface area contributed by atoms with Crippen molar-refractivity contribution in [3.8, 4) is 0 Å². The largest absolute Gasteiger partial charge is 0.463 e. The van der Waals surface area contributed by atoms with E-state index in [9.17, 15) is 25.0 Å². The standard InChI is InChI=1S/C12H10N4O5/c1-8-13-11(15(18)19)12(16(20)21)14(8)10(17)7-9-5-3-2-4-6-9/h2-6H,7H2,1H3. The van der Waals surface area contributed by atoms with Crippen LogP contribution in [0.2, 0.25) is 0 Å². The minimum atomic E-state index is -0.975. The predicted octanol–water partition coefficient (Wildman–Crippen LogP) is 1.89. The van der Waals surface area contributed by atoms with Gasteiger partial charge in [0, 0.05) is 11.9 Å². The van der Waals surface area contributed by atoms with Crippen molar-refractivity contribution >= 4 is 17.5 Å². The number of hydrogen-bond donors (Lipinski definition) is 0. The van der Waals surface area contributed by atoms with E-state index in [0.717, 1.165) is 0 Å². The molecule has 0 saturated heterocycles. The van der Waals surface area contributed by atoms with Crippen LogP contribution in [0.25, 0.3) is 0 Å². The van der Waals surface area contributed by atoms with Crippen LogP contribution in [0.5, 0.6) is 0 Å². The lowest BCUT2D eigenvalue weighted by Crippen LogP contribution is -2.17. The van der Waals surface area contributed by atoms with Gasteiger partial charge in [-0.15, -0.1) is 4.57 Å². The Morgan fingerprint density at radius 1 is 1.19 bits per heavy atom. The minimum absolute atomic E-state index is 0.0886. The summed E-state index contributed by atoms with van der Waals surface area (Å²) in [6, 6.07) is 8.58. The van der Waals surface area contributed by atoms with Gasteiger partial charge in [-0.05, 0) is 15.4 Å². The van der Waals surface area contributed by atoms with E-state index in [-0.39, 0.29) is 12.2 Å². The monoisotopic (exact) mass is 290 g/mol. The van der Waals surface area contributed by atoms with E-state index in [1.54, 1.807) is 30.3 Å². The summed E-state index contributed by atoms with van der Waals surface area (Å²) in [6.45, 7) is 1.31.